The molecule has 0 aliphatic heterocycles. The van der Waals surface area contributed by atoms with Crippen LogP contribution < -0.4 is 11.2 Å². The molecule has 8 nitrogen and oxygen atoms in total. The monoisotopic (exact) mass is 299 g/mol. The van der Waals surface area contributed by atoms with Gasteiger partial charge >= 0.3 is 5.69 Å². The van der Waals surface area contributed by atoms with Crippen molar-refractivity contribution in [3.63, 3.8) is 0 Å². The summed E-state index contributed by atoms with van der Waals surface area (Å²) in [6.45, 7) is 2.43. The first-order valence-electron chi connectivity index (χ1n) is 6.76. The maximum atomic E-state index is 12.1. The molecule has 0 unspecified atom stereocenters. The number of aromatic amines is 1. The number of nitrogens with zero attached hydrogens (tertiary/aromatic N) is 4. The van der Waals surface area contributed by atoms with Gasteiger partial charge in [0.25, 0.3) is 5.56 Å². The molecule has 0 aromatic carbocycles. The van der Waals surface area contributed by atoms with Crippen LogP contribution >= 0.6 is 0 Å². The summed E-state index contributed by atoms with van der Waals surface area (Å²) in [4.78, 5) is 30.6. The van der Waals surface area contributed by atoms with Crippen molar-refractivity contribution in [1.82, 2.24) is 23.5 Å². The van der Waals surface area contributed by atoms with Gasteiger partial charge in [-0.25, -0.2) is 4.79 Å². The lowest BCUT2D eigenvalue weighted by Crippen LogP contribution is -2.28. The van der Waals surface area contributed by atoms with E-state index in [1.54, 1.807) is 17.7 Å². The van der Waals surface area contributed by atoms with E-state index in [9.17, 15) is 9.59 Å². The third-order valence-corrected chi connectivity index (χ3v) is 3.81. The Balaban J connectivity index is 2.07. The smallest absolute Gasteiger partial charge is 0.329 e. The van der Waals surface area contributed by atoms with Crippen LogP contribution in [0.25, 0.3) is 16.9 Å². The molecule has 22 heavy (non-hydrogen) atoms. The van der Waals surface area contributed by atoms with E-state index in [1.165, 1.54) is 4.57 Å². The van der Waals surface area contributed by atoms with Gasteiger partial charge in [0.1, 0.15) is 5.76 Å². The van der Waals surface area contributed by atoms with Gasteiger partial charge in [-0.15, -0.1) is 0 Å². The molecular weight excluding hydrogens is 286 g/mol. The lowest BCUT2D eigenvalue weighted by molar-refractivity contribution is 0.494. The third-order valence-electron chi connectivity index (χ3n) is 3.81. The number of nitrogens with one attached hydrogen (secondary N) is 1. The van der Waals surface area contributed by atoms with Crippen LogP contribution in [0.15, 0.2) is 38.6 Å². The van der Waals surface area contributed by atoms with Crippen molar-refractivity contribution in [3.05, 3.63) is 56.9 Å². The number of rotatable bonds is 2. The van der Waals surface area contributed by atoms with Crippen LogP contribution in [0.5, 0.6) is 0 Å². The van der Waals surface area contributed by atoms with Crippen molar-refractivity contribution in [3.8, 4) is 0 Å². The zero-order valence-corrected chi connectivity index (χ0v) is 12.0. The molecule has 8 heteroatoms. The standard InChI is InChI=1S/C14H13N5O3/c1-8-6-19-10-11(17(2)14(21)16-12(10)20)15-13(19)18(8)7-9-4-3-5-22-9/h3-6H,7H2,1-2H3,(H,16,20,21). The largest absolute Gasteiger partial charge is 0.467 e. The molecule has 0 radical (unpaired) electrons. The maximum absolute atomic E-state index is 12.1. The summed E-state index contributed by atoms with van der Waals surface area (Å²) in [5.41, 5.74) is 0.734. The Hall–Kier alpha value is -3.03. The number of hydrogen-bond acceptors (Lipinski definition) is 4. The molecule has 0 fully saturated rings. The Morgan fingerprint density at radius 3 is 2.91 bits per heavy atom. The number of fused-ring (bicyclic) bond motifs is 3. The van der Waals surface area contributed by atoms with E-state index in [-0.39, 0.29) is 0 Å². The second-order valence-electron chi connectivity index (χ2n) is 5.21. The van der Waals surface area contributed by atoms with Gasteiger partial charge < -0.3 is 8.98 Å². The Labute approximate surface area is 123 Å². The number of aryl methyl sites for hydroxylation is 2. The molecule has 0 saturated heterocycles. The van der Waals surface area contributed by atoms with E-state index >= 15 is 0 Å². The highest BCUT2D eigenvalue weighted by Gasteiger charge is 2.17. The summed E-state index contributed by atoms with van der Waals surface area (Å²) in [6, 6.07) is 3.70. The molecule has 4 aromatic heterocycles. The SMILES string of the molecule is Cc1cn2c3c(=O)[nH]c(=O)n(C)c3nc2n1Cc1ccco1. The summed E-state index contributed by atoms with van der Waals surface area (Å²) in [5.74, 6) is 1.38. The summed E-state index contributed by atoms with van der Waals surface area (Å²) in [6.07, 6.45) is 3.44. The van der Waals surface area contributed by atoms with E-state index in [0.29, 0.717) is 23.5 Å². The van der Waals surface area contributed by atoms with Crippen molar-refractivity contribution in [2.24, 2.45) is 7.05 Å². The average Bonchev–Trinajstić information content (AvgIpc) is 3.15. The highest BCUT2D eigenvalue weighted by molar-refractivity contribution is 5.75. The Bertz CT molecular complexity index is 1110. The van der Waals surface area contributed by atoms with Crippen LogP contribution in [0, 0.1) is 6.92 Å². The molecule has 0 bridgehead atoms. The minimum atomic E-state index is -0.479. The molecule has 112 valence electrons. The van der Waals surface area contributed by atoms with Gasteiger partial charge in [-0.3, -0.25) is 18.7 Å². The van der Waals surface area contributed by atoms with E-state index < -0.39 is 11.2 Å². The molecule has 0 atom stereocenters. The van der Waals surface area contributed by atoms with Crippen LogP contribution in [0.1, 0.15) is 11.5 Å². The van der Waals surface area contributed by atoms with Crippen molar-refractivity contribution in [2.45, 2.75) is 13.5 Å². The van der Waals surface area contributed by atoms with Gasteiger partial charge in [-0.1, -0.05) is 0 Å². The highest BCUT2D eigenvalue weighted by atomic mass is 16.3. The first-order valence-corrected chi connectivity index (χ1v) is 6.76. The molecule has 4 aromatic rings. The van der Waals surface area contributed by atoms with E-state index in [0.717, 1.165) is 11.5 Å². The molecule has 0 saturated carbocycles. The predicted molar refractivity (Wildman–Crippen MR) is 79.1 cm³/mol. The fourth-order valence-corrected chi connectivity index (χ4v) is 2.67. The summed E-state index contributed by atoms with van der Waals surface area (Å²) in [5, 5.41) is 0. The Morgan fingerprint density at radius 2 is 2.18 bits per heavy atom. The fourth-order valence-electron chi connectivity index (χ4n) is 2.67. The van der Waals surface area contributed by atoms with Crippen LogP contribution in [0.3, 0.4) is 0 Å². The van der Waals surface area contributed by atoms with Crippen LogP contribution in [0.2, 0.25) is 0 Å². The lowest BCUT2D eigenvalue weighted by Gasteiger charge is -2.02. The fraction of sp³-hybridized carbons (Fsp3) is 0.214. The van der Waals surface area contributed by atoms with Crippen molar-refractivity contribution >= 4 is 16.9 Å². The number of furan rings is 1. The Morgan fingerprint density at radius 1 is 1.36 bits per heavy atom. The van der Waals surface area contributed by atoms with Gasteiger partial charge in [0.15, 0.2) is 11.2 Å². The molecule has 0 aliphatic rings. The van der Waals surface area contributed by atoms with Crippen LogP contribution in [0.4, 0.5) is 0 Å². The minimum Gasteiger partial charge on any atom is -0.467 e. The Kier molecular flexibility index (Phi) is 2.44. The molecular formula is C14H13N5O3. The zero-order valence-electron chi connectivity index (χ0n) is 12.0. The summed E-state index contributed by atoms with van der Waals surface area (Å²) >= 11 is 0. The molecule has 0 amide bonds. The van der Waals surface area contributed by atoms with Gasteiger partial charge in [0.05, 0.1) is 12.8 Å². The number of imidazole rings is 2. The maximum Gasteiger partial charge on any atom is 0.329 e. The summed E-state index contributed by atoms with van der Waals surface area (Å²) < 4.78 is 10.3. The second-order valence-corrected chi connectivity index (χ2v) is 5.21. The average molecular weight is 299 g/mol. The number of H-pyrrole nitrogens is 1. The predicted octanol–water partition coefficient (Wildman–Crippen LogP) is 0.626. The van der Waals surface area contributed by atoms with Gasteiger partial charge in [0, 0.05) is 18.9 Å². The van der Waals surface area contributed by atoms with E-state index in [4.69, 9.17) is 4.42 Å². The zero-order chi connectivity index (χ0) is 15.4. The quantitative estimate of drug-likeness (QED) is 0.587. The van der Waals surface area contributed by atoms with E-state index in [1.807, 2.05) is 29.8 Å². The second kappa shape index (κ2) is 4.23. The first kappa shape index (κ1) is 12.7. The van der Waals surface area contributed by atoms with E-state index in [2.05, 4.69) is 9.97 Å². The molecule has 4 heterocycles. The minimum absolute atomic E-state index is 0.358. The number of hydrogen-bond donors (Lipinski definition) is 1. The van der Waals surface area contributed by atoms with Crippen molar-refractivity contribution < 1.29 is 4.42 Å². The molecule has 0 aliphatic carbocycles. The topological polar surface area (TPSA) is 90.2 Å². The molecule has 0 spiro atoms. The number of aromatic nitrogens is 5. The first-order chi connectivity index (χ1) is 10.6. The van der Waals surface area contributed by atoms with Gasteiger partial charge in [-0.2, -0.15) is 4.98 Å². The third kappa shape index (κ3) is 1.60. The van der Waals surface area contributed by atoms with Gasteiger partial charge in [-0.05, 0) is 19.1 Å². The summed E-state index contributed by atoms with van der Waals surface area (Å²) in [7, 11) is 1.58. The lowest BCUT2D eigenvalue weighted by atomic mass is 10.4. The molecule has 4 rings (SSSR count). The normalized spacial score (nSPS) is 11.7. The van der Waals surface area contributed by atoms with Crippen molar-refractivity contribution in [2.75, 3.05) is 0 Å². The molecule has 1 N–H and O–H groups in total. The van der Waals surface area contributed by atoms with Crippen molar-refractivity contribution in [1.29, 1.82) is 0 Å². The highest BCUT2D eigenvalue weighted by Crippen LogP contribution is 2.17. The van der Waals surface area contributed by atoms with Gasteiger partial charge in [0.2, 0.25) is 5.78 Å². The van der Waals surface area contributed by atoms with Crippen LogP contribution in [-0.4, -0.2) is 23.5 Å². The van der Waals surface area contributed by atoms with Crippen LogP contribution in [-0.2, 0) is 13.6 Å².